The van der Waals surface area contributed by atoms with Crippen molar-refractivity contribution in [3.05, 3.63) is 60.2 Å². The molecule has 1 saturated carbocycles. The molecule has 0 aromatic heterocycles. The SMILES string of the molecule is COc1cccc([C@@H]2C[C@H](F)[C@](OC)(C(=O)Nc3ccccc3)C2)c1. The number of anilines is 1. The van der Waals surface area contributed by atoms with Crippen molar-refractivity contribution in [2.24, 2.45) is 0 Å². The van der Waals surface area contributed by atoms with E-state index in [-0.39, 0.29) is 18.8 Å². The highest BCUT2D eigenvalue weighted by atomic mass is 19.1. The van der Waals surface area contributed by atoms with E-state index < -0.39 is 17.7 Å². The lowest BCUT2D eigenvalue weighted by atomic mass is 9.93. The number of hydrogen-bond acceptors (Lipinski definition) is 3. The molecular formula is C20H22FNO3. The second-order valence-electron chi connectivity index (χ2n) is 6.29. The summed E-state index contributed by atoms with van der Waals surface area (Å²) in [5, 5.41) is 2.77. The summed E-state index contributed by atoms with van der Waals surface area (Å²) in [5.74, 6) is 0.169. The van der Waals surface area contributed by atoms with Crippen molar-refractivity contribution in [3.63, 3.8) is 0 Å². The van der Waals surface area contributed by atoms with Crippen LogP contribution in [-0.2, 0) is 9.53 Å². The molecule has 0 spiro atoms. The lowest BCUT2D eigenvalue weighted by molar-refractivity contribution is -0.143. The molecule has 5 heteroatoms. The number of nitrogens with one attached hydrogen (secondary N) is 1. The molecule has 3 atom stereocenters. The Morgan fingerprint density at radius 1 is 1.16 bits per heavy atom. The number of benzene rings is 2. The molecule has 3 rings (SSSR count). The summed E-state index contributed by atoms with van der Waals surface area (Å²) >= 11 is 0. The molecule has 0 bridgehead atoms. The van der Waals surface area contributed by atoms with Gasteiger partial charge < -0.3 is 14.8 Å². The van der Waals surface area contributed by atoms with Gasteiger partial charge in [0.05, 0.1) is 7.11 Å². The summed E-state index contributed by atoms with van der Waals surface area (Å²) < 4.78 is 25.6. The highest BCUT2D eigenvalue weighted by Crippen LogP contribution is 2.45. The zero-order valence-electron chi connectivity index (χ0n) is 14.4. The molecule has 0 aliphatic heterocycles. The van der Waals surface area contributed by atoms with Crippen molar-refractivity contribution in [3.8, 4) is 5.75 Å². The van der Waals surface area contributed by atoms with Gasteiger partial charge in [-0.25, -0.2) is 4.39 Å². The van der Waals surface area contributed by atoms with Crippen LogP contribution in [0.1, 0.15) is 24.3 Å². The molecule has 132 valence electrons. The Balaban J connectivity index is 1.82. The van der Waals surface area contributed by atoms with Gasteiger partial charge in [-0.2, -0.15) is 0 Å². The van der Waals surface area contributed by atoms with E-state index in [0.29, 0.717) is 5.69 Å². The maximum atomic E-state index is 14.9. The minimum Gasteiger partial charge on any atom is -0.497 e. The minimum absolute atomic E-state index is 0.105. The molecule has 1 fully saturated rings. The van der Waals surface area contributed by atoms with E-state index in [1.165, 1.54) is 7.11 Å². The lowest BCUT2D eigenvalue weighted by Crippen LogP contribution is -2.49. The highest BCUT2D eigenvalue weighted by Gasteiger charge is 2.54. The van der Waals surface area contributed by atoms with Gasteiger partial charge in [-0.15, -0.1) is 0 Å². The Morgan fingerprint density at radius 2 is 1.92 bits per heavy atom. The number of carbonyl (C=O) groups excluding carboxylic acids is 1. The predicted molar refractivity (Wildman–Crippen MR) is 94.7 cm³/mol. The quantitative estimate of drug-likeness (QED) is 0.895. The second kappa shape index (κ2) is 7.23. The fourth-order valence-electron chi connectivity index (χ4n) is 3.46. The first-order chi connectivity index (χ1) is 12.1. The topological polar surface area (TPSA) is 47.6 Å². The summed E-state index contributed by atoms with van der Waals surface area (Å²) in [4.78, 5) is 12.8. The van der Waals surface area contributed by atoms with Crippen LogP contribution < -0.4 is 10.1 Å². The Hall–Kier alpha value is -2.40. The third kappa shape index (κ3) is 3.37. The first kappa shape index (κ1) is 17.4. The average molecular weight is 343 g/mol. The van der Waals surface area contributed by atoms with Gasteiger partial charge in [0, 0.05) is 12.8 Å². The normalized spacial score (nSPS) is 25.6. The van der Waals surface area contributed by atoms with E-state index in [4.69, 9.17) is 9.47 Å². The largest absolute Gasteiger partial charge is 0.497 e. The van der Waals surface area contributed by atoms with Gasteiger partial charge in [0.1, 0.15) is 11.9 Å². The van der Waals surface area contributed by atoms with Gasteiger partial charge in [0.25, 0.3) is 5.91 Å². The molecule has 0 radical (unpaired) electrons. The summed E-state index contributed by atoms with van der Waals surface area (Å²) in [6.45, 7) is 0. The van der Waals surface area contributed by atoms with E-state index in [2.05, 4.69) is 5.32 Å². The molecule has 4 nitrogen and oxygen atoms in total. The number of para-hydroxylation sites is 1. The number of alkyl halides is 1. The fraction of sp³-hybridized carbons (Fsp3) is 0.350. The number of rotatable bonds is 5. The van der Waals surface area contributed by atoms with E-state index in [9.17, 15) is 9.18 Å². The highest BCUT2D eigenvalue weighted by molar-refractivity contribution is 5.98. The van der Waals surface area contributed by atoms with Crippen molar-refractivity contribution in [2.75, 3.05) is 19.5 Å². The Bertz CT molecular complexity index is 737. The lowest BCUT2D eigenvalue weighted by Gasteiger charge is -2.28. The number of hydrogen-bond donors (Lipinski definition) is 1. The van der Waals surface area contributed by atoms with Gasteiger partial charge in [-0.05, 0) is 48.6 Å². The summed E-state index contributed by atoms with van der Waals surface area (Å²) in [7, 11) is 2.99. The van der Waals surface area contributed by atoms with Crippen LogP contribution in [0.25, 0.3) is 0 Å². The fourth-order valence-corrected chi connectivity index (χ4v) is 3.46. The van der Waals surface area contributed by atoms with Crippen LogP contribution in [0.15, 0.2) is 54.6 Å². The minimum atomic E-state index is -1.48. The van der Waals surface area contributed by atoms with Crippen LogP contribution >= 0.6 is 0 Å². The van der Waals surface area contributed by atoms with Crippen LogP contribution in [0.2, 0.25) is 0 Å². The molecule has 0 saturated heterocycles. The van der Waals surface area contributed by atoms with Gasteiger partial charge in [-0.1, -0.05) is 30.3 Å². The van der Waals surface area contributed by atoms with Gasteiger partial charge in [-0.3, -0.25) is 4.79 Å². The molecule has 0 unspecified atom stereocenters. The number of halogens is 1. The molecule has 1 aliphatic carbocycles. The number of carbonyl (C=O) groups is 1. The van der Waals surface area contributed by atoms with Crippen molar-refractivity contribution >= 4 is 11.6 Å². The monoisotopic (exact) mass is 343 g/mol. The van der Waals surface area contributed by atoms with Crippen LogP contribution in [0.4, 0.5) is 10.1 Å². The van der Waals surface area contributed by atoms with Crippen LogP contribution in [0.3, 0.4) is 0 Å². The van der Waals surface area contributed by atoms with E-state index >= 15 is 0 Å². The molecule has 1 aliphatic rings. The second-order valence-corrected chi connectivity index (χ2v) is 6.29. The molecule has 1 N–H and O–H groups in total. The predicted octanol–water partition coefficient (Wildman–Crippen LogP) is 3.93. The summed E-state index contributed by atoms with van der Waals surface area (Å²) in [6, 6.07) is 16.6. The zero-order valence-corrected chi connectivity index (χ0v) is 14.4. The van der Waals surface area contributed by atoms with Crippen molar-refractivity contribution in [1.29, 1.82) is 0 Å². The number of methoxy groups -OCH3 is 2. The summed E-state index contributed by atoms with van der Waals surface area (Å²) in [6.07, 6.45) is -0.850. The van der Waals surface area contributed by atoms with Gasteiger partial charge in [0.2, 0.25) is 0 Å². The van der Waals surface area contributed by atoms with Crippen molar-refractivity contribution in [1.82, 2.24) is 0 Å². The van der Waals surface area contributed by atoms with Crippen molar-refractivity contribution < 1.29 is 18.7 Å². The smallest absolute Gasteiger partial charge is 0.259 e. The van der Waals surface area contributed by atoms with E-state index in [0.717, 1.165) is 11.3 Å². The molecule has 1 amide bonds. The number of ether oxygens (including phenoxy) is 2. The van der Waals surface area contributed by atoms with Crippen LogP contribution in [0, 0.1) is 0 Å². The third-order valence-corrected chi connectivity index (χ3v) is 4.89. The molecule has 25 heavy (non-hydrogen) atoms. The molecule has 0 heterocycles. The Kier molecular flexibility index (Phi) is 5.04. The summed E-state index contributed by atoms with van der Waals surface area (Å²) in [5.41, 5.74) is 0.0956. The molecular weight excluding hydrogens is 321 g/mol. The Labute approximate surface area is 147 Å². The number of amides is 1. The van der Waals surface area contributed by atoms with Crippen LogP contribution in [-0.4, -0.2) is 31.9 Å². The molecule has 2 aromatic carbocycles. The third-order valence-electron chi connectivity index (χ3n) is 4.89. The van der Waals surface area contributed by atoms with Crippen LogP contribution in [0.5, 0.6) is 5.75 Å². The standard InChI is InChI=1S/C20H22FNO3/c1-24-17-10-6-7-14(11-17)15-12-18(21)20(13-15,25-2)19(23)22-16-8-4-3-5-9-16/h3-11,15,18H,12-13H2,1-2H3,(H,22,23)/t15-,18+,20+/m1/s1. The van der Waals surface area contributed by atoms with Gasteiger partial charge in [0.15, 0.2) is 5.60 Å². The average Bonchev–Trinajstić information content (AvgIpc) is 3.00. The van der Waals surface area contributed by atoms with Crippen molar-refractivity contribution in [2.45, 2.75) is 30.5 Å². The van der Waals surface area contributed by atoms with Gasteiger partial charge >= 0.3 is 0 Å². The van der Waals surface area contributed by atoms with E-state index in [1.54, 1.807) is 19.2 Å². The maximum Gasteiger partial charge on any atom is 0.259 e. The zero-order chi connectivity index (χ0) is 17.9. The molecule has 2 aromatic rings. The first-order valence-corrected chi connectivity index (χ1v) is 8.28. The van der Waals surface area contributed by atoms with E-state index in [1.807, 2.05) is 42.5 Å². The maximum absolute atomic E-state index is 14.9. The first-order valence-electron chi connectivity index (χ1n) is 8.28. The Morgan fingerprint density at radius 3 is 2.60 bits per heavy atom.